The van der Waals surface area contributed by atoms with E-state index < -0.39 is 0 Å². The van der Waals surface area contributed by atoms with Crippen LogP contribution in [0.15, 0.2) is 43.2 Å². The van der Waals surface area contributed by atoms with Crippen LogP contribution in [-0.2, 0) is 11.3 Å². The Balaban J connectivity index is 1.37. The third kappa shape index (κ3) is 3.52. The summed E-state index contributed by atoms with van der Waals surface area (Å²) < 4.78 is 2.08. The normalized spacial score (nSPS) is 23.6. The molecule has 2 fully saturated rings. The number of piperidine rings is 2. The molecule has 4 rings (SSSR count). The summed E-state index contributed by atoms with van der Waals surface area (Å²) in [6.45, 7) is 3.83. The Hall–Kier alpha value is -2.37. The Labute approximate surface area is 148 Å². The molecule has 6 nitrogen and oxygen atoms in total. The lowest BCUT2D eigenvalue weighted by Crippen LogP contribution is -2.56. The zero-order valence-corrected chi connectivity index (χ0v) is 14.5. The molecule has 132 valence electrons. The van der Waals surface area contributed by atoms with Gasteiger partial charge >= 0.3 is 0 Å². The average molecular weight is 339 g/mol. The first-order chi connectivity index (χ1) is 12.3. The van der Waals surface area contributed by atoms with Gasteiger partial charge in [-0.1, -0.05) is 0 Å². The number of nitrogens with zero attached hydrogens (tertiary/aromatic N) is 5. The van der Waals surface area contributed by atoms with E-state index in [-0.39, 0.29) is 0 Å². The van der Waals surface area contributed by atoms with Crippen LogP contribution >= 0.6 is 0 Å². The highest BCUT2D eigenvalue weighted by Gasteiger charge is 2.38. The second-order valence-electron chi connectivity index (χ2n) is 7.05. The minimum Gasteiger partial charge on any atom is -0.371 e. The number of aromatic nitrogens is 3. The highest BCUT2D eigenvalue weighted by Crippen LogP contribution is 2.33. The van der Waals surface area contributed by atoms with E-state index in [9.17, 15) is 4.79 Å². The van der Waals surface area contributed by atoms with Crippen molar-refractivity contribution in [3.05, 3.63) is 43.2 Å². The molecule has 0 N–H and O–H groups in total. The van der Waals surface area contributed by atoms with Crippen LogP contribution in [-0.4, -0.2) is 51.0 Å². The zero-order valence-electron chi connectivity index (χ0n) is 14.5. The van der Waals surface area contributed by atoms with Crippen LogP contribution < -0.4 is 4.90 Å². The number of anilines is 1. The maximum absolute atomic E-state index is 12.5. The number of pyridine rings is 1. The van der Waals surface area contributed by atoms with Gasteiger partial charge in [0.25, 0.3) is 0 Å². The zero-order chi connectivity index (χ0) is 17.1. The second kappa shape index (κ2) is 7.25. The Kier molecular flexibility index (Phi) is 4.68. The van der Waals surface area contributed by atoms with E-state index >= 15 is 0 Å². The topological polar surface area (TPSA) is 54.3 Å². The maximum Gasteiger partial charge on any atom is 0.222 e. The molecule has 4 heterocycles. The molecule has 2 aliphatic rings. The number of amides is 1. The number of imidazole rings is 1. The van der Waals surface area contributed by atoms with Crippen molar-refractivity contribution in [2.45, 2.75) is 38.3 Å². The van der Waals surface area contributed by atoms with Crippen LogP contribution in [0.3, 0.4) is 0 Å². The lowest BCUT2D eigenvalue weighted by molar-refractivity contribution is -0.139. The van der Waals surface area contributed by atoms with Crippen molar-refractivity contribution < 1.29 is 4.79 Å². The van der Waals surface area contributed by atoms with Gasteiger partial charge in [0.15, 0.2) is 0 Å². The number of hydrogen-bond acceptors (Lipinski definition) is 4. The Morgan fingerprint density at radius 1 is 1.08 bits per heavy atom. The molecule has 1 amide bonds. The Morgan fingerprint density at radius 2 is 1.96 bits per heavy atom. The van der Waals surface area contributed by atoms with E-state index in [1.807, 2.05) is 24.9 Å². The van der Waals surface area contributed by atoms with Gasteiger partial charge in [-0.3, -0.25) is 9.78 Å². The standard InChI is InChI=1S/C19H25N5O/c25-19-3-2-16-14-23(17-4-7-20-8-5-17)12-6-18(16)24(19)11-1-10-22-13-9-21-15-22/h4-5,7-9,13,15-16,18H,1-3,6,10-12,14H2/t16-,18+/m0/s1. The number of rotatable bonds is 5. The largest absolute Gasteiger partial charge is 0.371 e. The first kappa shape index (κ1) is 16.1. The monoisotopic (exact) mass is 339 g/mol. The van der Waals surface area contributed by atoms with Crippen LogP contribution in [0, 0.1) is 5.92 Å². The third-order valence-corrected chi connectivity index (χ3v) is 5.55. The summed E-state index contributed by atoms with van der Waals surface area (Å²) in [6.07, 6.45) is 13.1. The molecule has 2 aliphatic heterocycles. The molecule has 2 saturated heterocycles. The number of carbonyl (C=O) groups is 1. The minimum absolute atomic E-state index is 0.337. The summed E-state index contributed by atoms with van der Waals surface area (Å²) in [7, 11) is 0. The number of likely N-dealkylation sites (tertiary alicyclic amines) is 1. The van der Waals surface area contributed by atoms with Gasteiger partial charge < -0.3 is 14.4 Å². The van der Waals surface area contributed by atoms with Crippen molar-refractivity contribution in [3.63, 3.8) is 0 Å². The van der Waals surface area contributed by atoms with Crippen molar-refractivity contribution in [3.8, 4) is 0 Å². The van der Waals surface area contributed by atoms with E-state index in [2.05, 4.69) is 36.5 Å². The van der Waals surface area contributed by atoms with Crippen LogP contribution in [0.25, 0.3) is 0 Å². The number of hydrogen-bond donors (Lipinski definition) is 0. The summed E-state index contributed by atoms with van der Waals surface area (Å²) >= 11 is 0. The van der Waals surface area contributed by atoms with Crippen molar-refractivity contribution in [1.29, 1.82) is 0 Å². The number of fused-ring (bicyclic) bond motifs is 1. The number of carbonyl (C=O) groups excluding carboxylic acids is 1. The SMILES string of the molecule is O=C1CC[C@H]2CN(c3ccncc3)CC[C@H]2N1CCCn1ccnc1. The second-order valence-corrected chi connectivity index (χ2v) is 7.05. The van der Waals surface area contributed by atoms with Gasteiger partial charge in [0.1, 0.15) is 0 Å². The van der Waals surface area contributed by atoms with E-state index in [0.717, 1.165) is 45.4 Å². The van der Waals surface area contributed by atoms with Crippen molar-refractivity contribution in [2.75, 3.05) is 24.5 Å². The maximum atomic E-state index is 12.5. The van der Waals surface area contributed by atoms with Crippen LogP contribution in [0.1, 0.15) is 25.7 Å². The van der Waals surface area contributed by atoms with Gasteiger partial charge in [-0.05, 0) is 37.3 Å². The highest BCUT2D eigenvalue weighted by molar-refractivity contribution is 5.77. The molecule has 0 aromatic carbocycles. The van der Waals surface area contributed by atoms with Crippen LogP contribution in [0.2, 0.25) is 0 Å². The van der Waals surface area contributed by atoms with Crippen molar-refractivity contribution in [1.82, 2.24) is 19.4 Å². The van der Waals surface area contributed by atoms with Gasteiger partial charge in [-0.15, -0.1) is 0 Å². The van der Waals surface area contributed by atoms with Gasteiger partial charge in [-0.25, -0.2) is 4.98 Å². The quantitative estimate of drug-likeness (QED) is 0.838. The molecule has 0 aliphatic carbocycles. The summed E-state index contributed by atoms with van der Waals surface area (Å²) in [6, 6.07) is 4.57. The van der Waals surface area contributed by atoms with Crippen LogP contribution in [0.4, 0.5) is 5.69 Å². The molecule has 0 spiro atoms. The first-order valence-electron chi connectivity index (χ1n) is 9.21. The van der Waals surface area contributed by atoms with E-state index in [4.69, 9.17) is 0 Å². The highest BCUT2D eigenvalue weighted by atomic mass is 16.2. The molecular weight excluding hydrogens is 314 g/mol. The molecule has 0 bridgehead atoms. The van der Waals surface area contributed by atoms with Gasteiger partial charge in [0.05, 0.1) is 6.33 Å². The van der Waals surface area contributed by atoms with Crippen molar-refractivity contribution in [2.24, 2.45) is 5.92 Å². The average Bonchev–Trinajstić information content (AvgIpc) is 3.17. The summed E-state index contributed by atoms with van der Waals surface area (Å²) in [5.41, 5.74) is 1.25. The van der Waals surface area contributed by atoms with Gasteiger partial charge in [-0.2, -0.15) is 0 Å². The molecular formula is C19H25N5O. The Morgan fingerprint density at radius 3 is 2.76 bits per heavy atom. The molecule has 2 aromatic rings. The fourth-order valence-electron chi connectivity index (χ4n) is 4.27. The minimum atomic E-state index is 0.337. The Bertz CT molecular complexity index is 687. The van der Waals surface area contributed by atoms with E-state index in [1.165, 1.54) is 5.69 Å². The molecule has 25 heavy (non-hydrogen) atoms. The number of aryl methyl sites for hydroxylation is 1. The summed E-state index contributed by atoms with van der Waals surface area (Å²) in [5.74, 6) is 0.914. The smallest absolute Gasteiger partial charge is 0.222 e. The molecule has 2 aromatic heterocycles. The molecule has 0 unspecified atom stereocenters. The molecule has 0 saturated carbocycles. The lowest BCUT2D eigenvalue weighted by Gasteiger charge is -2.47. The lowest BCUT2D eigenvalue weighted by atomic mass is 9.83. The van der Waals surface area contributed by atoms with E-state index in [1.54, 1.807) is 6.20 Å². The molecule has 0 radical (unpaired) electrons. The van der Waals surface area contributed by atoms with Gasteiger partial charge in [0, 0.05) is 69.1 Å². The summed E-state index contributed by atoms with van der Waals surface area (Å²) in [4.78, 5) is 25.3. The predicted molar refractivity (Wildman–Crippen MR) is 96.1 cm³/mol. The fraction of sp³-hybridized carbons (Fsp3) is 0.526. The van der Waals surface area contributed by atoms with E-state index in [0.29, 0.717) is 24.3 Å². The molecule has 2 atom stereocenters. The first-order valence-corrected chi connectivity index (χ1v) is 9.21. The van der Waals surface area contributed by atoms with Crippen molar-refractivity contribution >= 4 is 11.6 Å². The summed E-state index contributed by atoms with van der Waals surface area (Å²) in [5, 5.41) is 0. The fourth-order valence-corrected chi connectivity index (χ4v) is 4.27. The third-order valence-electron chi connectivity index (χ3n) is 5.55. The van der Waals surface area contributed by atoms with Gasteiger partial charge in [0.2, 0.25) is 5.91 Å². The van der Waals surface area contributed by atoms with Crippen LogP contribution in [0.5, 0.6) is 0 Å². The predicted octanol–water partition coefficient (Wildman–Crippen LogP) is 2.19. The molecule has 6 heteroatoms.